The molecule has 108 valence electrons. The molecule has 2 atom stereocenters. The molecular weight excluding hydrogens is 313 g/mol. The maximum Gasteiger partial charge on any atom is 0.119 e. The zero-order valence-corrected chi connectivity index (χ0v) is 13.7. The summed E-state index contributed by atoms with van der Waals surface area (Å²) < 4.78 is 5.73. The Bertz CT molecular complexity index is 585. The Morgan fingerprint density at radius 1 is 1.20 bits per heavy atom. The van der Waals surface area contributed by atoms with E-state index in [2.05, 4.69) is 6.92 Å². The van der Waals surface area contributed by atoms with Gasteiger partial charge in [0.1, 0.15) is 11.5 Å². The SMILES string of the molecule is CCC(N)C(Sc1ccc(Cl)c(Cl)c1)c1ccc(C)o1. The first kappa shape index (κ1) is 15.8. The van der Waals surface area contributed by atoms with Gasteiger partial charge in [0.2, 0.25) is 0 Å². The maximum absolute atomic E-state index is 6.23. The molecule has 0 saturated heterocycles. The van der Waals surface area contributed by atoms with E-state index in [9.17, 15) is 0 Å². The van der Waals surface area contributed by atoms with Gasteiger partial charge in [0.15, 0.2) is 0 Å². The van der Waals surface area contributed by atoms with Crippen molar-refractivity contribution in [2.75, 3.05) is 0 Å². The van der Waals surface area contributed by atoms with E-state index in [0.717, 1.165) is 22.8 Å². The zero-order valence-electron chi connectivity index (χ0n) is 11.4. The van der Waals surface area contributed by atoms with E-state index in [1.807, 2.05) is 31.2 Å². The molecule has 2 N–H and O–H groups in total. The molecule has 0 saturated carbocycles. The molecule has 2 rings (SSSR count). The predicted octanol–water partition coefficient (Wildman–Crippen LogP) is 5.47. The predicted molar refractivity (Wildman–Crippen MR) is 86.8 cm³/mol. The molecule has 0 aliphatic carbocycles. The Hall–Kier alpha value is -0.610. The second-order valence-electron chi connectivity index (χ2n) is 4.63. The van der Waals surface area contributed by atoms with Crippen molar-refractivity contribution in [3.63, 3.8) is 0 Å². The van der Waals surface area contributed by atoms with Gasteiger partial charge in [-0.05, 0) is 43.7 Å². The van der Waals surface area contributed by atoms with Crippen molar-refractivity contribution in [1.29, 1.82) is 0 Å². The Morgan fingerprint density at radius 2 is 1.95 bits per heavy atom. The van der Waals surface area contributed by atoms with E-state index < -0.39 is 0 Å². The summed E-state index contributed by atoms with van der Waals surface area (Å²) in [5.41, 5.74) is 6.23. The molecule has 1 aromatic carbocycles. The molecule has 0 aliphatic rings. The van der Waals surface area contributed by atoms with Crippen LogP contribution in [-0.4, -0.2) is 6.04 Å². The van der Waals surface area contributed by atoms with Crippen LogP contribution >= 0.6 is 35.0 Å². The minimum absolute atomic E-state index is 0.0139. The maximum atomic E-state index is 6.23. The van der Waals surface area contributed by atoms with Crippen LogP contribution in [0.5, 0.6) is 0 Å². The number of furan rings is 1. The topological polar surface area (TPSA) is 39.2 Å². The van der Waals surface area contributed by atoms with Crippen LogP contribution in [-0.2, 0) is 0 Å². The summed E-state index contributed by atoms with van der Waals surface area (Å²) in [7, 11) is 0. The van der Waals surface area contributed by atoms with E-state index in [0.29, 0.717) is 10.0 Å². The fraction of sp³-hybridized carbons (Fsp3) is 0.333. The summed E-state index contributed by atoms with van der Waals surface area (Å²) in [5, 5.41) is 1.17. The first-order valence-electron chi connectivity index (χ1n) is 6.45. The molecule has 2 unspecified atom stereocenters. The highest BCUT2D eigenvalue weighted by atomic mass is 35.5. The van der Waals surface area contributed by atoms with Gasteiger partial charge in [-0.15, -0.1) is 11.8 Å². The van der Waals surface area contributed by atoms with Crippen LogP contribution in [0.3, 0.4) is 0 Å². The average Bonchev–Trinajstić information content (AvgIpc) is 2.85. The quantitative estimate of drug-likeness (QED) is 0.739. The Balaban J connectivity index is 2.25. The number of aryl methyl sites for hydroxylation is 1. The zero-order chi connectivity index (χ0) is 14.7. The number of rotatable bonds is 5. The van der Waals surface area contributed by atoms with Crippen LogP contribution in [0, 0.1) is 6.92 Å². The van der Waals surface area contributed by atoms with E-state index in [4.69, 9.17) is 33.4 Å². The number of thioether (sulfide) groups is 1. The third kappa shape index (κ3) is 3.73. The Morgan fingerprint density at radius 3 is 2.50 bits per heavy atom. The Labute approximate surface area is 133 Å². The average molecular weight is 330 g/mol. The molecular formula is C15H17Cl2NOS. The van der Waals surface area contributed by atoms with Crippen molar-refractivity contribution in [3.05, 3.63) is 51.9 Å². The summed E-state index contributed by atoms with van der Waals surface area (Å²) in [6.07, 6.45) is 0.874. The van der Waals surface area contributed by atoms with Crippen molar-refractivity contribution >= 4 is 35.0 Å². The van der Waals surface area contributed by atoms with Gasteiger partial charge < -0.3 is 10.2 Å². The third-order valence-electron chi connectivity index (χ3n) is 3.06. The summed E-state index contributed by atoms with van der Waals surface area (Å²) >= 11 is 13.7. The normalized spacial score (nSPS) is 14.2. The van der Waals surface area contributed by atoms with Gasteiger partial charge in [-0.2, -0.15) is 0 Å². The highest BCUT2D eigenvalue weighted by Gasteiger charge is 2.23. The number of halogens is 2. The molecule has 2 nitrogen and oxygen atoms in total. The molecule has 0 spiro atoms. The molecule has 0 amide bonds. The molecule has 0 bridgehead atoms. The molecule has 0 fully saturated rings. The Kier molecular flexibility index (Phi) is 5.44. The molecule has 0 radical (unpaired) electrons. The molecule has 20 heavy (non-hydrogen) atoms. The number of nitrogens with two attached hydrogens (primary N) is 1. The van der Waals surface area contributed by atoms with Gasteiger partial charge in [0.25, 0.3) is 0 Å². The molecule has 5 heteroatoms. The highest BCUT2D eigenvalue weighted by Crippen LogP contribution is 2.40. The van der Waals surface area contributed by atoms with Crippen LogP contribution < -0.4 is 5.73 Å². The van der Waals surface area contributed by atoms with E-state index >= 15 is 0 Å². The lowest BCUT2D eigenvalue weighted by Crippen LogP contribution is -2.25. The fourth-order valence-corrected chi connectivity index (χ4v) is 3.47. The van der Waals surface area contributed by atoms with Gasteiger partial charge in [-0.1, -0.05) is 30.1 Å². The lowest BCUT2D eigenvalue weighted by molar-refractivity contribution is 0.454. The van der Waals surface area contributed by atoms with Gasteiger partial charge in [-0.25, -0.2) is 0 Å². The second kappa shape index (κ2) is 6.90. The monoisotopic (exact) mass is 329 g/mol. The van der Waals surface area contributed by atoms with Gasteiger partial charge in [0.05, 0.1) is 15.3 Å². The standard InChI is InChI=1S/C15H17Cl2NOS/c1-3-13(18)15(14-7-4-9(2)19-14)20-10-5-6-11(16)12(17)8-10/h4-8,13,15H,3,18H2,1-2H3. The van der Waals surface area contributed by atoms with Crippen molar-refractivity contribution in [3.8, 4) is 0 Å². The van der Waals surface area contributed by atoms with Crippen LogP contribution in [0.1, 0.15) is 30.1 Å². The smallest absolute Gasteiger partial charge is 0.119 e. The number of hydrogen-bond acceptors (Lipinski definition) is 3. The number of hydrogen-bond donors (Lipinski definition) is 1. The van der Waals surface area contributed by atoms with Crippen molar-refractivity contribution in [2.24, 2.45) is 5.73 Å². The molecule has 2 aromatic rings. The van der Waals surface area contributed by atoms with E-state index in [1.54, 1.807) is 17.8 Å². The summed E-state index contributed by atoms with van der Waals surface area (Å²) in [6.45, 7) is 4.00. The fourth-order valence-electron chi connectivity index (χ4n) is 1.87. The van der Waals surface area contributed by atoms with Gasteiger partial charge in [-0.3, -0.25) is 0 Å². The molecule has 0 aliphatic heterocycles. The summed E-state index contributed by atoms with van der Waals surface area (Å²) in [6, 6.07) is 9.57. The van der Waals surface area contributed by atoms with Crippen molar-refractivity contribution < 1.29 is 4.42 Å². The van der Waals surface area contributed by atoms with Crippen LogP contribution in [0.2, 0.25) is 10.0 Å². The van der Waals surface area contributed by atoms with Crippen LogP contribution in [0.4, 0.5) is 0 Å². The van der Waals surface area contributed by atoms with Crippen molar-refractivity contribution in [2.45, 2.75) is 36.5 Å². The highest BCUT2D eigenvalue weighted by molar-refractivity contribution is 7.99. The lowest BCUT2D eigenvalue weighted by atomic mass is 10.1. The summed E-state index contributed by atoms with van der Waals surface area (Å²) in [4.78, 5) is 1.03. The van der Waals surface area contributed by atoms with Gasteiger partial charge in [0, 0.05) is 10.9 Å². The third-order valence-corrected chi connectivity index (χ3v) is 5.16. The van der Waals surface area contributed by atoms with Crippen molar-refractivity contribution in [1.82, 2.24) is 0 Å². The summed E-state index contributed by atoms with van der Waals surface area (Å²) in [5.74, 6) is 1.79. The molecule has 1 heterocycles. The van der Waals surface area contributed by atoms with Crippen LogP contribution in [0.25, 0.3) is 0 Å². The minimum atomic E-state index is 0.0139. The first-order chi connectivity index (χ1) is 9.51. The minimum Gasteiger partial charge on any atom is -0.465 e. The lowest BCUT2D eigenvalue weighted by Gasteiger charge is -2.20. The number of benzene rings is 1. The first-order valence-corrected chi connectivity index (χ1v) is 8.08. The van der Waals surface area contributed by atoms with Crippen LogP contribution in [0.15, 0.2) is 39.6 Å². The van der Waals surface area contributed by atoms with E-state index in [1.165, 1.54) is 0 Å². The largest absolute Gasteiger partial charge is 0.465 e. The molecule has 1 aromatic heterocycles. The second-order valence-corrected chi connectivity index (χ2v) is 6.66. The van der Waals surface area contributed by atoms with Gasteiger partial charge >= 0.3 is 0 Å². The van der Waals surface area contributed by atoms with E-state index in [-0.39, 0.29) is 11.3 Å².